The van der Waals surface area contributed by atoms with Crippen LogP contribution in [0, 0.1) is 10.1 Å². The SMILES string of the molecule is CN(C)c1ccc(CC(=O)c2ccc([N+](=O)[O-])cc2)cc1. The monoisotopic (exact) mass is 284 g/mol. The van der Waals surface area contributed by atoms with E-state index in [4.69, 9.17) is 0 Å². The molecule has 0 aliphatic carbocycles. The highest BCUT2D eigenvalue weighted by atomic mass is 16.6. The summed E-state index contributed by atoms with van der Waals surface area (Å²) in [6, 6.07) is 13.4. The third-order valence-electron chi connectivity index (χ3n) is 3.22. The molecule has 5 heteroatoms. The second-order valence-corrected chi connectivity index (χ2v) is 4.96. The first-order chi connectivity index (χ1) is 9.97. The van der Waals surface area contributed by atoms with Crippen molar-refractivity contribution in [3.05, 3.63) is 69.8 Å². The molecule has 2 aromatic rings. The minimum Gasteiger partial charge on any atom is -0.378 e. The molecule has 0 bridgehead atoms. The lowest BCUT2D eigenvalue weighted by Gasteiger charge is -2.12. The van der Waals surface area contributed by atoms with E-state index in [1.54, 1.807) is 0 Å². The molecule has 0 saturated heterocycles. The van der Waals surface area contributed by atoms with Gasteiger partial charge in [-0.3, -0.25) is 14.9 Å². The summed E-state index contributed by atoms with van der Waals surface area (Å²) in [4.78, 5) is 24.2. The molecule has 108 valence electrons. The van der Waals surface area contributed by atoms with Gasteiger partial charge in [-0.15, -0.1) is 0 Å². The van der Waals surface area contributed by atoms with Gasteiger partial charge in [-0.1, -0.05) is 12.1 Å². The molecule has 0 N–H and O–H groups in total. The molecule has 0 radical (unpaired) electrons. The van der Waals surface area contributed by atoms with Gasteiger partial charge in [0.25, 0.3) is 5.69 Å². The lowest BCUT2D eigenvalue weighted by Crippen LogP contribution is -2.09. The van der Waals surface area contributed by atoms with E-state index in [2.05, 4.69) is 0 Å². The molecule has 0 saturated carbocycles. The Labute approximate surface area is 123 Å². The number of nitro benzene ring substituents is 1. The van der Waals surface area contributed by atoms with E-state index in [-0.39, 0.29) is 17.9 Å². The van der Waals surface area contributed by atoms with Gasteiger partial charge in [-0.25, -0.2) is 0 Å². The van der Waals surface area contributed by atoms with Crippen molar-refractivity contribution < 1.29 is 9.72 Å². The van der Waals surface area contributed by atoms with E-state index in [1.807, 2.05) is 43.3 Å². The van der Waals surface area contributed by atoms with Gasteiger partial charge in [-0.2, -0.15) is 0 Å². The molecule has 0 spiro atoms. The van der Waals surface area contributed by atoms with Crippen molar-refractivity contribution in [1.29, 1.82) is 0 Å². The summed E-state index contributed by atoms with van der Waals surface area (Å²) < 4.78 is 0. The highest BCUT2D eigenvalue weighted by Gasteiger charge is 2.10. The Balaban J connectivity index is 2.08. The molecule has 21 heavy (non-hydrogen) atoms. The molecule has 0 aliphatic rings. The normalized spacial score (nSPS) is 10.2. The first-order valence-electron chi connectivity index (χ1n) is 6.51. The summed E-state index contributed by atoms with van der Waals surface area (Å²) in [5.74, 6) is -0.0532. The quantitative estimate of drug-likeness (QED) is 0.481. The summed E-state index contributed by atoms with van der Waals surface area (Å²) in [5, 5.41) is 10.6. The van der Waals surface area contributed by atoms with Gasteiger partial charge in [-0.05, 0) is 29.8 Å². The van der Waals surface area contributed by atoms with E-state index in [9.17, 15) is 14.9 Å². The molecule has 5 nitrogen and oxygen atoms in total. The zero-order chi connectivity index (χ0) is 15.4. The fourth-order valence-electron chi connectivity index (χ4n) is 1.97. The van der Waals surface area contributed by atoms with Crippen molar-refractivity contribution in [3.8, 4) is 0 Å². The standard InChI is InChI=1S/C16H16N2O3/c1-17(2)14-7-3-12(4-8-14)11-16(19)13-5-9-15(10-6-13)18(20)21/h3-10H,11H2,1-2H3. The van der Waals surface area contributed by atoms with Gasteiger partial charge in [0, 0.05) is 43.9 Å². The molecular formula is C16H16N2O3. The number of carbonyl (C=O) groups is 1. The fraction of sp³-hybridized carbons (Fsp3) is 0.188. The third-order valence-corrected chi connectivity index (χ3v) is 3.22. The van der Waals surface area contributed by atoms with E-state index in [1.165, 1.54) is 24.3 Å². The fourth-order valence-corrected chi connectivity index (χ4v) is 1.97. The molecule has 0 heterocycles. The van der Waals surface area contributed by atoms with Gasteiger partial charge in [0.15, 0.2) is 5.78 Å². The third kappa shape index (κ3) is 3.66. The first-order valence-corrected chi connectivity index (χ1v) is 6.51. The molecule has 0 aliphatic heterocycles. The summed E-state index contributed by atoms with van der Waals surface area (Å²) >= 11 is 0. The van der Waals surface area contributed by atoms with E-state index in [0.29, 0.717) is 5.56 Å². The van der Waals surface area contributed by atoms with E-state index in [0.717, 1.165) is 11.3 Å². The molecule has 0 unspecified atom stereocenters. The highest BCUT2D eigenvalue weighted by molar-refractivity contribution is 5.97. The Morgan fingerprint density at radius 3 is 2.10 bits per heavy atom. The molecule has 0 amide bonds. The average Bonchev–Trinajstić information content (AvgIpc) is 2.47. The lowest BCUT2D eigenvalue weighted by atomic mass is 10.0. The Morgan fingerprint density at radius 2 is 1.62 bits per heavy atom. The number of nitro groups is 1. The van der Waals surface area contributed by atoms with Crippen LogP contribution in [0.5, 0.6) is 0 Å². The van der Waals surface area contributed by atoms with Crippen molar-refractivity contribution in [2.24, 2.45) is 0 Å². The lowest BCUT2D eigenvalue weighted by molar-refractivity contribution is -0.384. The minimum absolute atomic E-state index is 0.0121. The number of nitrogens with zero attached hydrogens (tertiary/aromatic N) is 2. The Bertz CT molecular complexity index is 646. The zero-order valence-electron chi connectivity index (χ0n) is 11.9. The first kappa shape index (κ1) is 14.7. The maximum atomic E-state index is 12.1. The van der Waals surface area contributed by atoms with Crippen molar-refractivity contribution in [2.75, 3.05) is 19.0 Å². The second kappa shape index (κ2) is 6.17. The van der Waals surface area contributed by atoms with Crippen molar-refractivity contribution in [3.63, 3.8) is 0 Å². The van der Waals surface area contributed by atoms with Crippen LogP contribution in [0.4, 0.5) is 11.4 Å². The van der Waals surface area contributed by atoms with Gasteiger partial charge in [0.05, 0.1) is 4.92 Å². The number of hydrogen-bond donors (Lipinski definition) is 0. The second-order valence-electron chi connectivity index (χ2n) is 4.96. The number of hydrogen-bond acceptors (Lipinski definition) is 4. The minimum atomic E-state index is -0.478. The average molecular weight is 284 g/mol. The summed E-state index contributed by atoms with van der Waals surface area (Å²) in [5.41, 5.74) is 2.46. The molecule has 0 fully saturated rings. The van der Waals surface area contributed by atoms with Crippen LogP contribution in [0.3, 0.4) is 0 Å². The number of Topliss-reactive ketones (excluding diaryl/α,β-unsaturated/α-hetero) is 1. The molecular weight excluding hydrogens is 268 g/mol. The molecule has 0 aromatic heterocycles. The van der Waals surface area contributed by atoms with Gasteiger partial charge in [0.1, 0.15) is 0 Å². The number of benzene rings is 2. The Morgan fingerprint density at radius 1 is 1.05 bits per heavy atom. The predicted octanol–water partition coefficient (Wildman–Crippen LogP) is 3.09. The maximum absolute atomic E-state index is 12.1. The van der Waals surface area contributed by atoms with Gasteiger partial charge in [0.2, 0.25) is 0 Å². The number of rotatable bonds is 5. The number of non-ortho nitro benzene ring substituents is 1. The van der Waals surface area contributed by atoms with Crippen LogP contribution in [0.2, 0.25) is 0 Å². The van der Waals surface area contributed by atoms with Crippen molar-refractivity contribution >= 4 is 17.2 Å². The summed E-state index contributed by atoms with van der Waals surface area (Å²) in [7, 11) is 3.91. The van der Waals surface area contributed by atoms with Crippen LogP contribution in [0.15, 0.2) is 48.5 Å². The van der Waals surface area contributed by atoms with Crippen LogP contribution in [0.25, 0.3) is 0 Å². The van der Waals surface area contributed by atoms with Crippen molar-refractivity contribution in [1.82, 2.24) is 0 Å². The van der Waals surface area contributed by atoms with Gasteiger partial charge < -0.3 is 4.90 Å². The predicted molar refractivity (Wildman–Crippen MR) is 81.9 cm³/mol. The number of carbonyl (C=O) groups excluding carboxylic acids is 1. The summed E-state index contributed by atoms with van der Waals surface area (Å²) in [6.45, 7) is 0. The largest absolute Gasteiger partial charge is 0.378 e. The van der Waals surface area contributed by atoms with Crippen LogP contribution in [-0.4, -0.2) is 24.8 Å². The van der Waals surface area contributed by atoms with Crippen LogP contribution in [0.1, 0.15) is 15.9 Å². The smallest absolute Gasteiger partial charge is 0.269 e. The van der Waals surface area contributed by atoms with Crippen molar-refractivity contribution in [2.45, 2.75) is 6.42 Å². The number of anilines is 1. The Kier molecular flexibility index (Phi) is 4.33. The topological polar surface area (TPSA) is 63.5 Å². The van der Waals surface area contributed by atoms with E-state index < -0.39 is 4.92 Å². The number of ketones is 1. The summed E-state index contributed by atoms with van der Waals surface area (Å²) in [6.07, 6.45) is 0.283. The maximum Gasteiger partial charge on any atom is 0.269 e. The van der Waals surface area contributed by atoms with Crippen LogP contribution in [-0.2, 0) is 6.42 Å². The molecule has 2 aromatic carbocycles. The molecule has 2 rings (SSSR count). The zero-order valence-corrected chi connectivity index (χ0v) is 11.9. The van der Waals surface area contributed by atoms with E-state index >= 15 is 0 Å². The highest BCUT2D eigenvalue weighted by Crippen LogP contribution is 2.16. The van der Waals surface area contributed by atoms with Crippen LogP contribution >= 0.6 is 0 Å². The molecule has 0 atom stereocenters. The van der Waals surface area contributed by atoms with Gasteiger partial charge >= 0.3 is 0 Å². The van der Waals surface area contributed by atoms with Crippen LogP contribution < -0.4 is 4.90 Å². The Hall–Kier alpha value is -2.69.